The largest absolute Gasteiger partial charge is 0.394 e. The molecule has 0 aromatic heterocycles. The van der Waals surface area contributed by atoms with E-state index in [4.69, 9.17) is 10.2 Å². The van der Waals surface area contributed by atoms with E-state index in [2.05, 4.69) is 0 Å². The number of carbonyl (C=O) groups is 1. The van der Waals surface area contributed by atoms with Crippen molar-refractivity contribution in [3.8, 4) is 0 Å². The van der Waals surface area contributed by atoms with Gasteiger partial charge >= 0.3 is 0 Å². The Kier molecular flexibility index (Phi) is 5.51. The summed E-state index contributed by atoms with van der Waals surface area (Å²) in [5.74, 6) is -0.649. The molecule has 0 aliphatic rings. The number of ketones is 1. The van der Waals surface area contributed by atoms with Crippen molar-refractivity contribution < 1.29 is 30.3 Å². The summed E-state index contributed by atoms with van der Waals surface area (Å²) in [7, 11) is 0. The van der Waals surface area contributed by atoms with Crippen LogP contribution < -0.4 is 0 Å². The first-order chi connectivity index (χ1) is 7.12. The Hall–Kier alpha value is -0.530. The highest BCUT2D eigenvalue weighted by molar-refractivity contribution is 5.88. The Balaban J connectivity index is 4.61. The zero-order valence-electron chi connectivity index (χ0n) is 9.66. The van der Waals surface area contributed by atoms with E-state index in [-0.39, 0.29) is 0 Å². The van der Waals surface area contributed by atoms with Gasteiger partial charge in [-0.1, -0.05) is 20.8 Å². The second kappa shape index (κ2) is 5.70. The minimum absolute atomic E-state index is 0.649. The third-order valence-corrected chi connectivity index (χ3v) is 2.26. The molecule has 0 aromatic rings. The number of aliphatic hydroxyl groups excluding tert-OH is 5. The summed E-state index contributed by atoms with van der Waals surface area (Å²) in [5, 5.41) is 45.8. The molecule has 0 aromatic carbocycles. The predicted octanol–water partition coefficient (Wildman–Crippen LogP) is -1.96. The molecule has 16 heavy (non-hydrogen) atoms. The van der Waals surface area contributed by atoms with Crippen LogP contribution in [0.5, 0.6) is 0 Å². The number of Topliss-reactive ketones (excluding diaryl/α,β-unsaturated/α-hetero) is 1. The SMILES string of the molecule is CC(C)(C)C(=O)C(O)C(O)C(O)C(O)CO. The van der Waals surface area contributed by atoms with Gasteiger partial charge in [-0.2, -0.15) is 0 Å². The molecule has 5 N–H and O–H groups in total. The van der Waals surface area contributed by atoms with Crippen LogP contribution in [-0.4, -0.2) is 62.3 Å². The van der Waals surface area contributed by atoms with Gasteiger partial charge in [0, 0.05) is 5.41 Å². The van der Waals surface area contributed by atoms with Gasteiger partial charge in [-0.25, -0.2) is 0 Å². The Bertz CT molecular complexity index is 234. The number of rotatable bonds is 5. The number of hydrogen-bond acceptors (Lipinski definition) is 6. The van der Waals surface area contributed by atoms with Crippen molar-refractivity contribution in [2.45, 2.75) is 45.2 Å². The summed E-state index contributed by atoms with van der Waals surface area (Å²) < 4.78 is 0. The highest BCUT2D eigenvalue weighted by Crippen LogP contribution is 2.19. The molecule has 96 valence electrons. The van der Waals surface area contributed by atoms with Crippen LogP contribution in [0.2, 0.25) is 0 Å². The molecule has 0 radical (unpaired) electrons. The molecule has 0 saturated heterocycles. The van der Waals surface area contributed by atoms with Gasteiger partial charge in [-0.05, 0) is 0 Å². The fourth-order valence-electron chi connectivity index (χ4n) is 1.12. The van der Waals surface area contributed by atoms with Gasteiger partial charge in [0.1, 0.15) is 24.4 Å². The van der Waals surface area contributed by atoms with Crippen molar-refractivity contribution in [2.75, 3.05) is 6.61 Å². The lowest BCUT2D eigenvalue weighted by molar-refractivity contribution is -0.153. The topological polar surface area (TPSA) is 118 Å². The molecule has 0 heterocycles. The van der Waals surface area contributed by atoms with Crippen molar-refractivity contribution in [1.82, 2.24) is 0 Å². The monoisotopic (exact) mass is 236 g/mol. The summed E-state index contributed by atoms with van der Waals surface area (Å²) in [5.41, 5.74) is -0.871. The predicted molar refractivity (Wildman–Crippen MR) is 55.6 cm³/mol. The van der Waals surface area contributed by atoms with Crippen molar-refractivity contribution >= 4 is 5.78 Å². The molecule has 0 saturated carbocycles. The van der Waals surface area contributed by atoms with E-state index >= 15 is 0 Å². The second-order valence-corrected chi connectivity index (χ2v) is 4.79. The van der Waals surface area contributed by atoms with Crippen LogP contribution in [0.15, 0.2) is 0 Å². The Morgan fingerprint density at radius 1 is 1.06 bits per heavy atom. The zero-order valence-corrected chi connectivity index (χ0v) is 9.66. The first-order valence-electron chi connectivity index (χ1n) is 5.00. The maximum absolute atomic E-state index is 11.6. The molecule has 0 bridgehead atoms. The van der Waals surface area contributed by atoms with E-state index in [0.717, 1.165) is 0 Å². The molecule has 6 nitrogen and oxygen atoms in total. The Morgan fingerprint density at radius 2 is 1.50 bits per heavy atom. The first kappa shape index (κ1) is 15.5. The van der Waals surface area contributed by atoms with Gasteiger partial charge in [0.15, 0.2) is 5.78 Å². The van der Waals surface area contributed by atoms with Crippen LogP contribution in [0.4, 0.5) is 0 Å². The van der Waals surface area contributed by atoms with Crippen molar-refractivity contribution in [2.24, 2.45) is 5.41 Å². The number of carbonyl (C=O) groups excluding carboxylic acids is 1. The van der Waals surface area contributed by atoms with Crippen LogP contribution in [0, 0.1) is 5.41 Å². The summed E-state index contributed by atoms with van der Waals surface area (Å²) in [6, 6.07) is 0. The van der Waals surface area contributed by atoms with Gasteiger partial charge in [0.25, 0.3) is 0 Å². The minimum atomic E-state index is -1.83. The summed E-state index contributed by atoms with van der Waals surface area (Å²) in [4.78, 5) is 11.6. The lowest BCUT2D eigenvalue weighted by atomic mass is 9.84. The smallest absolute Gasteiger partial charge is 0.169 e. The fourth-order valence-corrected chi connectivity index (χ4v) is 1.12. The van der Waals surface area contributed by atoms with Gasteiger partial charge in [-0.15, -0.1) is 0 Å². The highest BCUT2D eigenvalue weighted by atomic mass is 16.4. The molecule has 4 atom stereocenters. The van der Waals surface area contributed by atoms with Crippen LogP contribution in [0.25, 0.3) is 0 Å². The average Bonchev–Trinajstić information content (AvgIpc) is 2.22. The van der Waals surface area contributed by atoms with Gasteiger partial charge in [0.2, 0.25) is 0 Å². The molecule has 0 fully saturated rings. The highest BCUT2D eigenvalue weighted by Gasteiger charge is 2.38. The third kappa shape index (κ3) is 3.80. The van der Waals surface area contributed by atoms with Crippen LogP contribution >= 0.6 is 0 Å². The first-order valence-corrected chi connectivity index (χ1v) is 5.00. The molecule has 0 amide bonds. The Morgan fingerprint density at radius 3 is 1.81 bits per heavy atom. The number of aliphatic hydroxyl groups is 5. The minimum Gasteiger partial charge on any atom is -0.394 e. The van der Waals surface area contributed by atoms with Crippen molar-refractivity contribution in [3.05, 3.63) is 0 Å². The maximum Gasteiger partial charge on any atom is 0.169 e. The van der Waals surface area contributed by atoms with Gasteiger partial charge < -0.3 is 25.5 Å². The molecule has 0 spiro atoms. The second-order valence-electron chi connectivity index (χ2n) is 4.79. The van der Waals surface area contributed by atoms with Crippen LogP contribution in [0.3, 0.4) is 0 Å². The summed E-state index contributed by atoms with van der Waals surface area (Å²) in [6.45, 7) is 3.90. The summed E-state index contributed by atoms with van der Waals surface area (Å²) >= 11 is 0. The molecule has 0 rings (SSSR count). The number of hydrogen-bond donors (Lipinski definition) is 5. The van der Waals surface area contributed by atoms with E-state index in [1.807, 2.05) is 0 Å². The van der Waals surface area contributed by atoms with Crippen molar-refractivity contribution in [3.63, 3.8) is 0 Å². The normalized spacial score (nSPS) is 20.0. The Labute approximate surface area is 94.2 Å². The van der Waals surface area contributed by atoms with Crippen LogP contribution in [-0.2, 0) is 4.79 Å². The quantitative estimate of drug-likeness (QED) is 0.378. The van der Waals surface area contributed by atoms with E-state index < -0.39 is 42.2 Å². The summed E-state index contributed by atoms with van der Waals surface area (Å²) in [6.07, 6.45) is -6.99. The van der Waals surface area contributed by atoms with Crippen LogP contribution in [0.1, 0.15) is 20.8 Å². The zero-order chi connectivity index (χ0) is 13.1. The average molecular weight is 236 g/mol. The molecule has 0 aliphatic heterocycles. The molecule has 6 heteroatoms. The molecular formula is C10H20O6. The van der Waals surface area contributed by atoms with E-state index in [1.54, 1.807) is 20.8 Å². The van der Waals surface area contributed by atoms with Gasteiger partial charge in [0.05, 0.1) is 6.61 Å². The van der Waals surface area contributed by atoms with E-state index in [1.165, 1.54) is 0 Å². The lowest BCUT2D eigenvalue weighted by Gasteiger charge is -2.28. The fraction of sp³-hybridized carbons (Fsp3) is 0.900. The third-order valence-electron chi connectivity index (χ3n) is 2.26. The van der Waals surface area contributed by atoms with E-state index in [0.29, 0.717) is 0 Å². The van der Waals surface area contributed by atoms with Crippen molar-refractivity contribution in [1.29, 1.82) is 0 Å². The van der Waals surface area contributed by atoms with Gasteiger partial charge in [-0.3, -0.25) is 4.79 Å². The lowest BCUT2D eigenvalue weighted by Crippen LogP contribution is -2.51. The molecular weight excluding hydrogens is 216 g/mol. The maximum atomic E-state index is 11.6. The standard InChI is InChI=1S/C10H20O6/c1-10(2,3)9(16)8(15)7(14)6(13)5(12)4-11/h5-8,11-15H,4H2,1-3H3. The van der Waals surface area contributed by atoms with E-state index in [9.17, 15) is 20.1 Å². The molecule has 4 unspecified atom stereocenters. The molecule has 0 aliphatic carbocycles.